The van der Waals surface area contributed by atoms with E-state index < -0.39 is 0 Å². The Bertz CT molecular complexity index is 465. The molecule has 0 aliphatic carbocycles. The van der Waals surface area contributed by atoms with E-state index in [9.17, 15) is 4.79 Å². The van der Waals surface area contributed by atoms with Crippen molar-refractivity contribution >= 4 is 40.4 Å². The number of carbonyl (C=O) groups excluding carboxylic acids is 1. The van der Waals surface area contributed by atoms with Crippen LogP contribution >= 0.6 is 23.8 Å². The van der Waals surface area contributed by atoms with Crippen molar-refractivity contribution in [1.29, 1.82) is 0 Å². The minimum atomic E-state index is 0.0326. The molecule has 1 rings (SSSR count). The second-order valence-electron chi connectivity index (χ2n) is 4.09. The molecule has 104 valence electrons. The molecule has 1 aromatic rings. The van der Waals surface area contributed by atoms with E-state index in [4.69, 9.17) is 29.6 Å². The number of anilines is 1. The fourth-order valence-corrected chi connectivity index (χ4v) is 1.85. The highest BCUT2D eigenvalue weighted by Crippen LogP contribution is 2.22. The molecule has 0 fully saturated rings. The Hall–Kier alpha value is -1.33. The predicted octanol–water partition coefficient (Wildman–Crippen LogP) is 2.30. The summed E-state index contributed by atoms with van der Waals surface area (Å²) in [5, 5.41) is 6.46. The maximum atomic E-state index is 11.4. The number of nitrogens with two attached hydrogens (primary N) is 1. The lowest BCUT2D eigenvalue weighted by atomic mass is 10.2. The first-order valence-electron chi connectivity index (χ1n) is 6.14. The third-order valence-corrected chi connectivity index (χ3v) is 3.04. The number of thiocarbonyl (C=S) groups is 1. The van der Waals surface area contributed by atoms with Gasteiger partial charge in [0.05, 0.1) is 10.7 Å². The number of amides is 1. The maximum Gasteiger partial charge on any atom is 0.221 e. The molecule has 0 saturated carbocycles. The van der Waals surface area contributed by atoms with Gasteiger partial charge in [-0.2, -0.15) is 0 Å². The minimum absolute atomic E-state index is 0.0326. The third-order valence-electron chi connectivity index (χ3n) is 2.49. The summed E-state index contributed by atoms with van der Waals surface area (Å²) in [4.78, 5) is 11.7. The number of nitrogens with one attached hydrogen (secondary N) is 2. The monoisotopic (exact) mass is 299 g/mol. The van der Waals surface area contributed by atoms with Gasteiger partial charge in [0.25, 0.3) is 0 Å². The third kappa shape index (κ3) is 5.44. The SMILES string of the molecule is CCCNC(=O)CCNc1ccc(C(N)=S)cc1Cl. The largest absolute Gasteiger partial charge is 0.389 e. The fraction of sp³-hybridized carbons (Fsp3) is 0.385. The van der Waals surface area contributed by atoms with Gasteiger partial charge in [-0.15, -0.1) is 0 Å². The number of benzene rings is 1. The van der Waals surface area contributed by atoms with Crippen molar-refractivity contribution in [3.63, 3.8) is 0 Å². The van der Waals surface area contributed by atoms with Gasteiger partial charge >= 0.3 is 0 Å². The Morgan fingerprint density at radius 3 is 2.74 bits per heavy atom. The summed E-state index contributed by atoms with van der Waals surface area (Å²) >= 11 is 11.0. The number of halogens is 1. The van der Waals surface area contributed by atoms with Crippen LogP contribution in [-0.2, 0) is 4.79 Å². The minimum Gasteiger partial charge on any atom is -0.389 e. The first-order valence-corrected chi connectivity index (χ1v) is 6.93. The molecule has 0 radical (unpaired) electrons. The van der Waals surface area contributed by atoms with E-state index in [0.717, 1.165) is 17.7 Å². The van der Waals surface area contributed by atoms with Crippen molar-refractivity contribution in [2.75, 3.05) is 18.4 Å². The van der Waals surface area contributed by atoms with Crippen molar-refractivity contribution in [2.45, 2.75) is 19.8 Å². The standard InChI is InChI=1S/C13H18ClN3OS/c1-2-6-17-12(18)5-7-16-11-4-3-9(13(15)19)8-10(11)14/h3-4,8,16H,2,5-7H2,1H3,(H2,15,19)(H,17,18). The van der Waals surface area contributed by atoms with Gasteiger partial charge in [0.1, 0.15) is 4.99 Å². The highest BCUT2D eigenvalue weighted by Gasteiger charge is 2.04. The van der Waals surface area contributed by atoms with E-state index in [1.54, 1.807) is 18.2 Å². The number of hydrogen-bond donors (Lipinski definition) is 3. The van der Waals surface area contributed by atoms with Crippen LogP contribution in [0.4, 0.5) is 5.69 Å². The van der Waals surface area contributed by atoms with Gasteiger partial charge in [-0.3, -0.25) is 4.79 Å². The molecule has 0 saturated heterocycles. The summed E-state index contributed by atoms with van der Waals surface area (Å²) < 4.78 is 0. The van der Waals surface area contributed by atoms with Crippen molar-refractivity contribution in [3.05, 3.63) is 28.8 Å². The summed E-state index contributed by atoms with van der Waals surface area (Å²) in [7, 11) is 0. The van der Waals surface area contributed by atoms with Crippen LogP contribution in [0.5, 0.6) is 0 Å². The van der Waals surface area contributed by atoms with Crippen molar-refractivity contribution in [3.8, 4) is 0 Å². The van der Waals surface area contributed by atoms with Gasteiger partial charge in [-0.25, -0.2) is 0 Å². The Balaban J connectivity index is 2.45. The summed E-state index contributed by atoms with van der Waals surface area (Å²) in [5.74, 6) is 0.0326. The lowest BCUT2D eigenvalue weighted by Crippen LogP contribution is -2.25. The topological polar surface area (TPSA) is 67.2 Å². The van der Waals surface area contributed by atoms with E-state index in [1.165, 1.54) is 0 Å². The van der Waals surface area contributed by atoms with Crippen LogP contribution in [0.2, 0.25) is 5.02 Å². The molecule has 0 unspecified atom stereocenters. The molecule has 0 aliphatic heterocycles. The Morgan fingerprint density at radius 1 is 1.42 bits per heavy atom. The summed E-state index contributed by atoms with van der Waals surface area (Å²) in [6.45, 7) is 3.26. The molecule has 0 spiro atoms. The lowest BCUT2D eigenvalue weighted by Gasteiger charge is -2.09. The quantitative estimate of drug-likeness (QED) is 0.676. The second kappa shape index (κ2) is 7.96. The van der Waals surface area contributed by atoms with Crippen LogP contribution in [0.25, 0.3) is 0 Å². The van der Waals surface area contributed by atoms with Crippen LogP contribution in [-0.4, -0.2) is 24.0 Å². The van der Waals surface area contributed by atoms with Gasteiger partial charge < -0.3 is 16.4 Å². The van der Waals surface area contributed by atoms with Crippen LogP contribution in [0.1, 0.15) is 25.3 Å². The van der Waals surface area contributed by atoms with Gasteiger partial charge in [-0.1, -0.05) is 30.7 Å². The molecule has 4 N–H and O–H groups in total. The van der Waals surface area contributed by atoms with Gasteiger partial charge in [-0.05, 0) is 24.6 Å². The normalized spacial score (nSPS) is 10.0. The predicted molar refractivity (Wildman–Crippen MR) is 83.7 cm³/mol. The molecule has 4 nitrogen and oxygen atoms in total. The van der Waals surface area contributed by atoms with E-state index in [0.29, 0.717) is 29.5 Å². The average Bonchev–Trinajstić information content (AvgIpc) is 2.38. The highest BCUT2D eigenvalue weighted by atomic mass is 35.5. The van der Waals surface area contributed by atoms with Gasteiger partial charge in [0.2, 0.25) is 5.91 Å². The van der Waals surface area contributed by atoms with Crippen LogP contribution < -0.4 is 16.4 Å². The lowest BCUT2D eigenvalue weighted by molar-refractivity contribution is -0.120. The van der Waals surface area contributed by atoms with Crippen LogP contribution in [0.15, 0.2) is 18.2 Å². The Labute approximate surface area is 123 Å². The van der Waals surface area contributed by atoms with E-state index in [-0.39, 0.29) is 5.91 Å². The van der Waals surface area contributed by atoms with E-state index in [1.807, 2.05) is 6.92 Å². The molecule has 6 heteroatoms. The zero-order valence-corrected chi connectivity index (χ0v) is 12.4. The average molecular weight is 300 g/mol. The maximum absolute atomic E-state index is 11.4. The van der Waals surface area contributed by atoms with E-state index >= 15 is 0 Å². The fourth-order valence-electron chi connectivity index (χ4n) is 1.48. The highest BCUT2D eigenvalue weighted by molar-refractivity contribution is 7.80. The van der Waals surface area contributed by atoms with Gasteiger partial charge in [0.15, 0.2) is 0 Å². The van der Waals surface area contributed by atoms with Gasteiger partial charge in [0, 0.05) is 25.1 Å². The first kappa shape index (κ1) is 15.7. The molecule has 0 aromatic heterocycles. The van der Waals surface area contributed by atoms with E-state index in [2.05, 4.69) is 10.6 Å². The van der Waals surface area contributed by atoms with Crippen molar-refractivity contribution in [2.24, 2.45) is 5.73 Å². The second-order valence-corrected chi connectivity index (χ2v) is 4.93. The Kier molecular flexibility index (Phi) is 6.59. The molecule has 0 aliphatic rings. The summed E-state index contributed by atoms with van der Waals surface area (Å²) in [5.41, 5.74) is 7.02. The zero-order chi connectivity index (χ0) is 14.3. The van der Waals surface area contributed by atoms with Crippen LogP contribution in [0.3, 0.4) is 0 Å². The number of hydrogen-bond acceptors (Lipinski definition) is 3. The zero-order valence-electron chi connectivity index (χ0n) is 10.8. The first-order chi connectivity index (χ1) is 9.04. The molecular formula is C13H18ClN3OS. The van der Waals surface area contributed by atoms with Crippen molar-refractivity contribution in [1.82, 2.24) is 5.32 Å². The molecule has 19 heavy (non-hydrogen) atoms. The molecule has 0 heterocycles. The summed E-state index contributed by atoms with van der Waals surface area (Å²) in [6, 6.07) is 5.32. The number of rotatable bonds is 7. The number of carbonyl (C=O) groups is 1. The Morgan fingerprint density at radius 2 is 2.16 bits per heavy atom. The molecule has 1 amide bonds. The molecular weight excluding hydrogens is 282 g/mol. The van der Waals surface area contributed by atoms with Crippen molar-refractivity contribution < 1.29 is 4.79 Å². The molecule has 0 atom stereocenters. The molecule has 1 aromatic carbocycles. The smallest absolute Gasteiger partial charge is 0.221 e. The van der Waals surface area contributed by atoms with Crippen LogP contribution in [0, 0.1) is 0 Å². The summed E-state index contributed by atoms with van der Waals surface area (Å²) in [6.07, 6.45) is 1.35. The molecule has 0 bridgehead atoms.